The fourth-order valence-corrected chi connectivity index (χ4v) is 1.07. The van der Waals surface area contributed by atoms with Crippen LogP contribution in [0.5, 0.6) is 0 Å². The van der Waals surface area contributed by atoms with Crippen molar-refractivity contribution in [3.8, 4) is 0 Å². The lowest BCUT2D eigenvalue weighted by Crippen LogP contribution is -2.44. The van der Waals surface area contributed by atoms with Crippen molar-refractivity contribution in [1.29, 1.82) is 0 Å². The zero-order valence-electron chi connectivity index (χ0n) is 8.93. The first-order valence-electron chi connectivity index (χ1n) is 4.93. The molecule has 1 heterocycles. The number of hydrogen-bond acceptors (Lipinski definition) is 5. The van der Waals surface area contributed by atoms with Crippen LogP contribution in [-0.2, 0) is 11.3 Å². The van der Waals surface area contributed by atoms with E-state index in [0.717, 1.165) is 6.42 Å². The van der Waals surface area contributed by atoms with Gasteiger partial charge in [-0.25, -0.2) is 0 Å². The van der Waals surface area contributed by atoms with E-state index in [1.807, 2.05) is 13.8 Å². The van der Waals surface area contributed by atoms with Crippen LogP contribution in [0.15, 0.2) is 10.9 Å². The standard InChI is InChI=1S/C9H16N4O2/c1-3-6(2)8(10)9(14)11-4-7-12-5-15-13-7/h5-6,8H,3-4,10H2,1-2H3,(H,11,14)/t6?,8-/m0/s1. The molecular weight excluding hydrogens is 196 g/mol. The van der Waals surface area contributed by atoms with Crippen LogP contribution in [0.4, 0.5) is 0 Å². The minimum absolute atomic E-state index is 0.162. The Morgan fingerprint density at radius 3 is 3.00 bits per heavy atom. The van der Waals surface area contributed by atoms with Gasteiger partial charge in [-0.2, -0.15) is 4.98 Å². The monoisotopic (exact) mass is 212 g/mol. The highest BCUT2D eigenvalue weighted by molar-refractivity contribution is 5.81. The van der Waals surface area contributed by atoms with Crippen LogP contribution >= 0.6 is 0 Å². The SMILES string of the molecule is CCC(C)[C@H](N)C(=O)NCc1ncon1. The Labute approximate surface area is 88.2 Å². The normalized spacial score (nSPS) is 14.6. The van der Waals surface area contributed by atoms with Gasteiger partial charge in [-0.15, -0.1) is 0 Å². The third-order valence-electron chi connectivity index (χ3n) is 2.39. The van der Waals surface area contributed by atoms with E-state index in [-0.39, 0.29) is 18.4 Å². The van der Waals surface area contributed by atoms with Crippen molar-refractivity contribution in [2.24, 2.45) is 11.7 Å². The van der Waals surface area contributed by atoms with Crippen molar-refractivity contribution in [3.63, 3.8) is 0 Å². The molecule has 1 rings (SSSR count). The summed E-state index contributed by atoms with van der Waals surface area (Å²) in [6, 6.07) is -0.484. The maximum absolute atomic E-state index is 11.5. The molecule has 1 amide bonds. The van der Waals surface area contributed by atoms with Crippen molar-refractivity contribution >= 4 is 5.91 Å². The molecule has 6 heteroatoms. The van der Waals surface area contributed by atoms with Gasteiger partial charge in [0.15, 0.2) is 5.82 Å². The van der Waals surface area contributed by atoms with Crippen LogP contribution in [0.25, 0.3) is 0 Å². The van der Waals surface area contributed by atoms with Gasteiger partial charge in [0.1, 0.15) is 0 Å². The van der Waals surface area contributed by atoms with Gasteiger partial charge in [0, 0.05) is 0 Å². The molecule has 0 saturated heterocycles. The summed E-state index contributed by atoms with van der Waals surface area (Å²) in [4.78, 5) is 15.3. The summed E-state index contributed by atoms with van der Waals surface area (Å²) in [6.45, 7) is 4.19. The predicted molar refractivity (Wildman–Crippen MR) is 53.6 cm³/mol. The van der Waals surface area contributed by atoms with Crippen molar-refractivity contribution in [2.75, 3.05) is 0 Å². The first-order valence-corrected chi connectivity index (χ1v) is 4.93. The number of hydrogen-bond donors (Lipinski definition) is 2. The van der Waals surface area contributed by atoms with E-state index >= 15 is 0 Å². The summed E-state index contributed by atoms with van der Waals surface area (Å²) in [7, 11) is 0. The Morgan fingerprint density at radius 1 is 1.73 bits per heavy atom. The van der Waals surface area contributed by atoms with Crippen LogP contribution in [0.1, 0.15) is 26.1 Å². The number of carbonyl (C=O) groups is 1. The number of amides is 1. The van der Waals surface area contributed by atoms with Gasteiger partial charge >= 0.3 is 0 Å². The maximum atomic E-state index is 11.5. The van der Waals surface area contributed by atoms with Crippen molar-refractivity contribution < 1.29 is 9.32 Å². The topological polar surface area (TPSA) is 94.0 Å². The van der Waals surface area contributed by atoms with Crippen LogP contribution in [0.3, 0.4) is 0 Å². The number of carbonyl (C=O) groups excluding carboxylic acids is 1. The second kappa shape index (κ2) is 5.45. The molecular formula is C9H16N4O2. The molecule has 0 aliphatic carbocycles. The smallest absolute Gasteiger partial charge is 0.237 e. The molecule has 0 saturated carbocycles. The van der Waals surface area contributed by atoms with Gasteiger partial charge in [0.25, 0.3) is 0 Å². The molecule has 3 N–H and O–H groups in total. The minimum atomic E-state index is -0.484. The molecule has 0 bridgehead atoms. The highest BCUT2D eigenvalue weighted by Gasteiger charge is 2.19. The number of nitrogens with zero attached hydrogens (tertiary/aromatic N) is 2. The molecule has 0 aliphatic heterocycles. The van der Waals surface area contributed by atoms with Gasteiger partial charge in [-0.1, -0.05) is 25.4 Å². The molecule has 0 fully saturated rings. The van der Waals surface area contributed by atoms with Crippen LogP contribution < -0.4 is 11.1 Å². The van der Waals surface area contributed by atoms with Crippen molar-refractivity contribution in [1.82, 2.24) is 15.5 Å². The molecule has 15 heavy (non-hydrogen) atoms. The van der Waals surface area contributed by atoms with Crippen LogP contribution in [0.2, 0.25) is 0 Å². The van der Waals surface area contributed by atoms with Gasteiger partial charge in [-0.3, -0.25) is 4.79 Å². The fourth-order valence-electron chi connectivity index (χ4n) is 1.07. The second-order valence-electron chi connectivity index (χ2n) is 3.48. The fraction of sp³-hybridized carbons (Fsp3) is 0.667. The van der Waals surface area contributed by atoms with Gasteiger partial charge < -0.3 is 15.6 Å². The van der Waals surface area contributed by atoms with E-state index in [4.69, 9.17) is 5.73 Å². The zero-order valence-corrected chi connectivity index (χ0v) is 8.93. The Bertz CT molecular complexity index is 299. The molecule has 1 aromatic heterocycles. The van der Waals surface area contributed by atoms with Crippen LogP contribution in [0, 0.1) is 5.92 Å². The summed E-state index contributed by atoms with van der Waals surface area (Å²) in [5.41, 5.74) is 5.73. The lowest BCUT2D eigenvalue weighted by atomic mass is 9.99. The number of rotatable bonds is 5. The van der Waals surface area contributed by atoms with E-state index in [2.05, 4.69) is 20.0 Å². The quantitative estimate of drug-likeness (QED) is 0.719. The molecule has 0 radical (unpaired) electrons. The van der Waals surface area contributed by atoms with E-state index in [9.17, 15) is 4.79 Å². The van der Waals surface area contributed by atoms with Crippen LogP contribution in [-0.4, -0.2) is 22.1 Å². The molecule has 0 aromatic carbocycles. The van der Waals surface area contributed by atoms with E-state index in [1.165, 1.54) is 6.39 Å². The first kappa shape index (κ1) is 11.6. The molecule has 1 aromatic rings. The molecule has 6 nitrogen and oxygen atoms in total. The minimum Gasteiger partial charge on any atom is -0.347 e. The number of nitrogens with two attached hydrogens (primary N) is 1. The number of nitrogens with one attached hydrogen (secondary N) is 1. The number of aromatic nitrogens is 2. The largest absolute Gasteiger partial charge is 0.347 e. The average molecular weight is 212 g/mol. The first-order chi connectivity index (χ1) is 7.15. The summed E-state index contributed by atoms with van der Waals surface area (Å²) in [5, 5.41) is 6.22. The second-order valence-corrected chi connectivity index (χ2v) is 3.48. The summed E-state index contributed by atoms with van der Waals surface area (Å²) in [5.74, 6) is 0.420. The van der Waals surface area contributed by atoms with Crippen molar-refractivity contribution in [3.05, 3.63) is 12.2 Å². The highest BCUT2D eigenvalue weighted by Crippen LogP contribution is 2.05. The Balaban J connectivity index is 2.36. The summed E-state index contributed by atoms with van der Waals surface area (Å²) >= 11 is 0. The van der Waals surface area contributed by atoms with E-state index in [1.54, 1.807) is 0 Å². The molecule has 84 valence electrons. The van der Waals surface area contributed by atoms with Gasteiger partial charge in [0.2, 0.25) is 12.3 Å². The maximum Gasteiger partial charge on any atom is 0.237 e. The van der Waals surface area contributed by atoms with E-state index in [0.29, 0.717) is 5.82 Å². The van der Waals surface area contributed by atoms with E-state index < -0.39 is 6.04 Å². The summed E-state index contributed by atoms with van der Waals surface area (Å²) in [6.07, 6.45) is 2.09. The third-order valence-corrected chi connectivity index (χ3v) is 2.39. The average Bonchev–Trinajstić information content (AvgIpc) is 2.76. The molecule has 0 aliphatic rings. The Morgan fingerprint density at radius 2 is 2.47 bits per heavy atom. The Kier molecular flexibility index (Phi) is 4.23. The molecule has 1 unspecified atom stereocenters. The highest BCUT2D eigenvalue weighted by atomic mass is 16.5. The van der Waals surface area contributed by atoms with Gasteiger partial charge in [0.05, 0.1) is 12.6 Å². The molecule has 2 atom stereocenters. The molecule has 0 spiro atoms. The van der Waals surface area contributed by atoms with Gasteiger partial charge in [-0.05, 0) is 5.92 Å². The predicted octanol–water partition coefficient (Wildman–Crippen LogP) is 0.0592. The lowest BCUT2D eigenvalue weighted by molar-refractivity contribution is -0.123. The summed E-state index contributed by atoms with van der Waals surface area (Å²) < 4.78 is 4.53. The Hall–Kier alpha value is -1.43. The lowest BCUT2D eigenvalue weighted by Gasteiger charge is -2.16. The van der Waals surface area contributed by atoms with Crippen molar-refractivity contribution in [2.45, 2.75) is 32.9 Å². The zero-order chi connectivity index (χ0) is 11.3. The third kappa shape index (κ3) is 3.32.